The Morgan fingerprint density at radius 3 is 2.44 bits per heavy atom. The zero-order valence-electron chi connectivity index (χ0n) is 14.1. The van der Waals surface area contributed by atoms with Crippen LogP contribution in [0, 0.1) is 0 Å². The van der Waals surface area contributed by atoms with Gasteiger partial charge >= 0.3 is 12.1 Å². The molecule has 1 unspecified atom stereocenters. The number of benzene rings is 1. The molecule has 9 heteroatoms. The number of carbonyl (C=O) groups is 2. The molecule has 1 aromatic carbocycles. The number of methoxy groups -OCH3 is 1. The van der Waals surface area contributed by atoms with E-state index < -0.39 is 34.3 Å². The minimum absolute atomic E-state index is 0.0391. The second-order valence-corrected chi connectivity index (χ2v) is 7.93. The average molecular weight is 373 g/mol. The number of carbonyl (C=O) groups excluding carboxylic acids is 2. The van der Waals surface area contributed by atoms with E-state index in [-0.39, 0.29) is 24.7 Å². The summed E-state index contributed by atoms with van der Waals surface area (Å²) in [5, 5.41) is 2.43. The first kappa shape index (κ1) is 19.5. The standard InChI is InChI=1S/C16H23NO7S/c1-3-24-16(10-25(20,21)11-16)13(14(18)22-2)17-15(19)23-9-12-7-5-4-6-8-12/h4-8,13,20-21H,3,9-11H2,1-2H3,(H,17,19). The fraction of sp³-hybridized carbons (Fsp3) is 0.500. The van der Waals surface area contributed by atoms with Gasteiger partial charge in [0.05, 0.1) is 18.6 Å². The molecule has 1 aliphatic rings. The summed E-state index contributed by atoms with van der Waals surface area (Å²) >= 11 is 0. The smallest absolute Gasteiger partial charge is 0.408 e. The summed E-state index contributed by atoms with van der Waals surface area (Å²) in [5.41, 5.74) is -0.420. The van der Waals surface area contributed by atoms with Crippen LogP contribution in [0.25, 0.3) is 0 Å². The lowest BCUT2D eigenvalue weighted by Gasteiger charge is -2.57. The Hall–Kier alpha value is -1.81. The summed E-state index contributed by atoms with van der Waals surface area (Å²) in [6.07, 6.45) is -0.818. The molecule has 0 spiro atoms. The topological polar surface area (TPSA) is 114 Å². The third kappa shape index (κ3) is 4.85. The van der Waals surface area contributed by atoms with Crippen molar-refractivity contribution < 1.29 is 32.9 Å². The van der Waals surface area contributed by atoms with Gasteiger partial charge in [0.1, 0.15) is 12.2 Å². The molecule has 1 fully saturated rings. The number of amides is 1. The van der Waals surface area contributed by atoms with Gasteiger partial charge in [-0.25, -0.2) is 9.59 Å². The molecule has 1 atom stereocenters. The van der Waals surface area contributed by atoms with Crippen molar-refractivity contribution in [3.8, 4) is 0 Å². The molecule has 0 saturated carbocycles. The molecule has 8 nitrogen and oxygen atoms in total. The van der Waals surface area contributed by atoms with Crippen LogP contribution in [0.3, 0.4) is 0 Å². The predicted octanol–water partition coefficient (Wildman–Crippen LogP) is 1.99. The van der Waals surface area contributed by atoms with E-state index in [0.29, 0.717) is 0 Å². The van der Waals surface area contributed by atoms with Crippen molar-refractivity contribution in [1.29, 1.82) is 0 Å². The molecule has 25 heavy (non-hydrogen) atoms. The quantitative estimate of drug-likeness (QED) is 0.626. The van der Waals surface area contributed by atoms with Gasteiger partial charge in [0, 0.05) is 6.61 Å². The number of rotatable bonds is 7. The summed E-state index contributed by atoms with van der Waals surface area (Å²) in [4.78, 5) is 24.2. The molecule has 1 heterocycles. The Balaban J connectivity index is 2.04. The van der Waals surface area contributed by atoms with Crippen LogP contribution in [0.1, 0.15) is 12.5 Å². The van der Waals surface area contributed by atoms with Crippen LogP contribution in [-0.4, -0.2) is 58.0 Å². The molecule has 0 radical (unpaired) electrons. The highest BCUT2D eigenvalue weighted by molar-refractivity contribution is 8.25. The van der Waals surface area contributed by atoms with Crippen LogP contribution < -0.4 is 5.32 Å². The normalized spacial score (nSPS) is 19.8. The Morgan fingerprint density at radius 2 is 1.92 bits per heavy atom. The Bertz CT molecular complexity index is 600. The lowest BCUT2D eigenvalue weighted by Crippen LogP contribution is -2.68. The third-order valence-corrected chi connectivity index (χ3v) is 5.72. The van der Waals surface area contributed by atoms with Gasteiger partial charge in [-0.05, 0) is 12.5 Å². The van der Waals surface area contributed by atoms with E-state index in [1.54, 1.807) is 19.1 Å². The molecule has 0 aromatic heterocycles. The fourth-order valence-electron chi connectivity index (χ4n) is 2.77. The van der Waals surface area contributed by atoms with Gasteiger partial charge in [0.15, 0.2) is 6.04 Å². The maximum atomic E-state index is 12.1. The second-order valence-electron chi connectivity index (χ2n) is 5.75. The zero-order valence-corrected chi connectivity index (χ0v) is 15.0. The van der Waals surface area contributed by atoms with E-state index in [0.717, 1.165) is 5.56 Å². The Kier molecular flexibility index (Phi) is 6.28. The number of ether oxygens (including phenoxy) is 3. The molecule has 2 rings (SSSR count). The largest absolute Gasteiger partial charge is 0.467 e. The van der Waals surface area contributed by atoms with Gasteiger partial charge in [0.25, 0.3) is 0 Å². The average Bonchev–Trinajstić information content (AvgIpc) is 2.56. The molecule has 0 bridgehead atoms. The van der Waals surface area contributed by atoms with E-state index in [4.69, 9.17) is 14.2 Å². The van der Waals surface area contributed by atoms with Crippen molar-refractivity contribution in [2.75, 3.05) is 25.2 Å². The van der Waals surface area contributed by atoms with Crippen LogP contribution in [-0.2, 0) is 25.6 Å². The van der Waals surface area contributed by atoms with E-state index in [1.165, 1.54) is 7.11 Å². The van der Waals surface area contributed by atoms with Crippen LogP contribution in [0.5, 0.6) is 0 Å². The first-order valence-electron chi connectivity index (χ1n) is 7.74. The molecule has 1 amide bonds. The highest BCUT2D eigenvalue weighted by Gasteiger charge is 2.58. The van der Waals surface area contributed by atoms with Crippen molar-refractivity contribution in [2.24, 2.45) is 0 Å². The van der Waals surface area contributed by atoms with Gasteiger partial charge in [-0.1, -0.05) is 30.3 Å². The van der Waals surface area contributed by atoms with Crippen molar-refractivity contribution in [2.45, 2.75) is 25.2 Å². The summed E-state index contributed by atoms with van der Waals surface area (Å²) in [6.45, 7) is 2.00. The number of nitrogens with one attached hydrogen (secondary N) is 1. The summed E-state index contributed by atoms with van der Waals surface area (Å²) in [6, 6.07) is 7.88. The molecule has 1 aliphatic heterocycles. The molecular formula is C16H23NO7S. The fourth-order valence-corrected chi connectivity index (χ4v) is 4.75. The molecular weight excluding hydrogens is 350 g/mol. The molecule has 0 aliphatic carbocycles. The Labute approximate surface area is 147 Å². The van der Waals surface area contributed by atoms with Crippen LogP contribution in [0.4, 0.5) is 4.79 Å². The SMILES string of the molecule is CCOC1(C(NC(=O)OCc2ccccc2)C(=O)OC)CS(O)(O)C1. The van der Waals surface area contributed by atoms with Crippen LogP contribution in [0.2, 0.25) is 0 Å². The van der Waals surface area contributed by atoms with Gasteiger partial charge < -0.3 is 19.5 Å². The summed E-state index contributed by atoms with van der Waals surface area (Å²) in [7, 11) is -1.63. The highest BCUT2D eigenvalue weighted by Crippen LogP contribution is 2.57. The molecule has 3 N–H and O–H groups in total. The van der Waals surface area contributed by atoms with Gasteiger partial charge in [-0.2, -0.15) is 10.6 Å². The number of esters is 1. The molecule has 1 aromatic rings. The summed E-state index contributed by atoms with van der Waals surface area (Å²) in [5.74, 6) is -1.03. The van der Waals surface area contributed by atoms with Crippen LogP contribution in [0.15, 0.2) is 30.3 Å². The summed E-state index contributed by atoms with van der Waals surface area (Å²) < 4.78 is 34.9. The van der Waals surface area contributed by atoms with Gasteiger partial charge in [-0.3, -0.25) is 9.11 Å². The lowest BCUT2D eigenvalue weighted by atomic mass is 9.97. The first-order chi connectivity index (χ1) is 11.8. The minimum Gasteiger partial charge on any atom is -0.467 e. The monoisotopic (exact) mass is 373 g/mol. The molecule has 140 valence electrons. The van der Waals surface area contributed by atoms with Gasteiger partial charge in [0.2, 0.25) is 0 Å². The minimum atomic E-state index is -2.81. The van der Waals surface area contributed by atoms with E-state index in [1.807, 2.05) is 18.2 Å². The van der Waals surface area contributed by atoms with Crippen molar-refractivity contribution in [3.63, 3.8) is 0 Å². The van der Waals surface area contributed by atoms with E-state index in [2.05, 4.69) is 5.32 Å². The maximum absolute atomic E-state index is 12.1. The third-order valence-electron chi connectivity index (χ3n) is 3.82. The van der Waals surface area contributed by atoms with Crippen molar-refractivity contribution in [3.05, 3.63) is 35.9 Å². The van der Waals surface area contributed by atoms with Crippen molar-refractivity contribution in [1.82, 2.24) is 5.32 Å². The molecule has 1 saturated heterocycles. The van der Waals surface area contributed by atoms with E-state index in [9.17, 15) is 18.7 Å². The van der Waals surface area contributed by atoms with Crippen LogP contribution >= 0.6 is 10.6 Å². The number of hydrogen-bond acceptors (Lipinski definition) is 7. The van der Waals surface area contributed by atoms with E-state index >= 15 is 0 Å². The predicted molar refractivity (Wildman–Crippen MR) is 92.5 cm³/mol. The highest BCUT2D eigenvalue weighted by atomic mass is 32.3. The first-order valence-corrected chi connectivity index (χ1v) is 9.63. The lowest BCUT2D eigenvalue weighted by molar-refractivity contribution is -0.152. The van der Waals surface area contributed by atoms with Gasteiger partial charge in [-0.15, -0.1) is 0 Å². The maximum Gasteiger partial charge on any atom is 0.408 e. The zero-order chi connectivity index (χ0) is 18.5. The number of alkyl carbamates (subject to hydrolysis) is 1. The Morgan fingerprint density at radius 1 is 1.28 bits per heavy atom. The second kappa shape index (κ2) is 8.05. The van der Waals surface area contributed by atoms with Crippen molar-refractivity contribution >= 4 is 22.7 Å². The number of hydrogen-bond donors (Lipinski definition) is 3.